The molecule has 0 bridgehead atoms. The summed E-state index contributed by atoms with van der Waals surface area (Å²) in [4.78, 5) is 77.0. The largest absolute Gasteiger partial charge is 0.494 e. The van der Waals surface area contributed by atoms with Crippen LogP contribution in [0.3, 0.4) is 0 Å². The number of nitrogens with zero attached hydrogens (tertiary/aromatic N) is 7. The molecule has 5 aromatic rings. The lowest BCUT2D eigenvalue weighted by Crippen LogP contribution is -2.57. The van der Waals surface area contributed by atoms with Gasteiger partial charge in [0.15, 0.2) is 15.7 Å². The van der Waals surface area contributed by atoms with Gasteiger partial charge in [0.2, 0.25) is 29.6 Å². The molecule has 22 heteroatoms. The standard InChI is InChI=1S/C57H74ClN11O8S2/c1-36(2)79(75,76)48-13-9-8-12-45(48)62-53-43(58)33-60-56(65-53)63-44-21-20-41(30-47(44)77-7)66-24-22-40(23-25-66)67-26-28-68(29-27-67)50(72)15-11-10-14-49(71)64-52(57(4,5)6)55(74)69-34-42(70)31-46(69)54(73)59-32-38-16-18-39(19-17-38)51-37(3)61-35-78-51/h8-9,12-13,16-21,30,33,35-36,40,42,46,52,70H,10-11,14-15,22-29,31-32,34H2,1-7H3,(H,59,73)(H,64,71)(H2,60,62,63,65)/t42-,46+,52?/m1/s1. The summed E-state index contributed by atoms with van der Waals surface area (Å²) in [5.74, 6) is 0.0739. The van der Waals surface area contributed by atoms with Crippen LogP contribution in [0.15, 0.2) is 83.3 Å². The minimum atomic E-state index is -3.59. The Morgan fingerprint density at radius 2 is 1.61 bits per heavy atom. The number of hydrogen-bond donors (Lipinski definition) is 5. The van der Waals surface area contributed by atoms with Crippen LogP contribution in [0.25, 0.3) is 10.4 Å². The molecule has 3 aliphatic heterocycles. The van der Waals surface area contributed by atoms with E-state index in [1.807, 2.05) is 80.6 Å². The highest BCUT2D eigenvalue weighted by Gasteiger charge is 2.44. The van der Waals surface area contributed by atoms with Gasteiger partial charge >= 0.3 is 0 Å². The Hall–Kier alpha value is -6.39. The molecule has 3 aliphatic rings. The fourth-order valence-corrected chi connectivity index (χ4v) is 12.5. The molecule has 1 unspecified atom stereocenters. The summed E-state index contributed by atoms with van der Waals surface area (Å²) in [5.41, 5.74) is 6.06. The van der Waals surface area contributed by atoms with Crippen molar-refractivity contribution in [1.29, 1.82) is 0 Å². The predicted octanol–water partition coefficient (Wildman–Crippen LogP) is 7.72. The van der Waals surface area contributed by atoms with Gasteiger partial charge in [0, 0.05) is 89.4 Å². The third-order valence-electron chi connectivity index (χ3n) is 15.0. The molecule has 2 aromatic heterocycles. The number of rotatable bonds is 20. The second-order valence-corrected chi connectivity index (χ2v) is 25.6. The highest BCUT2D eigenvalue weighted by Crippen LogP contribution is 2.36. The topological polar surface area (TPSA) is 232 Å². The zero-order valence-electron chi connectivity index (χ0n) is 46.1. The van der Waals surface area contributed by atoms with Crippen molar-refractivity contribution >= 4 is 85.2 Å². The average molecular weight is 1140 g/mol. The number of hydrogen-bond acceptors (Lipinski definition) is 16. The first-order valence-corrected chi connectivity index (χ1v) is 29.9. The number of carbonyl (C=O) groups excluding carboxylic acids is 4. The van der Waals surface area contributed by atoms with Crippen LogP contribution in [-0.2, 0) is 35.6 Å². The zero-order chi connectivity index (χ0) is 56.6. The molecule has 3 saturated heterocycles. The average Bonchev–Trinajstić information content (AvgIpc) is 4.08. The minimum Gasteiger partial charge on any atom is -0.494 e. The molecule has 0 saturated carbocycles. The second kappa shape index (κ2) is 25.8. The van der Waals surface area contributed by atoms with Gasteiger partial charge in [-0.05, 0) is 87.3 Å². The van der Waals surface area contributed by atoms with Crippen molar-refractivity contribution in [3.05, 3.63) is 94.7 Å². The number of unbranched alkanes of at least 4 members (excludes halogenated alkanes) is 1. The lowest BCUT2D eigenvalue weighted by molar-refractivity contribution is -0.144. The summed E-state index contributed by atoms with van der Waals surface area (Å²) in [6.07, 6.45) is 4.10. The zero-order valence-corrected chi connectivity index (χ0v) is 48.5. The van der Waals surface area contributed by atoms with Crippen molar-refractivity contribution in [1.82, 2.24) is 40.3 Å². The van der Waals surface area contributed by atoms with E-state index in [2.05, 4.69) is 46.0 Å². The molecular weight excluding hydrogens is 1070 g/mol. The van der Waals surface area contributed by atoms with Gasteiger partial charge in [-0.25, -0.2) is 18.4 Å². The Labute approximate surface area is 472 Å². The Morgan fingerprint density at radius 3 is 2.28 bits per heavy atom. The normalized spacial score (nSPS) is 17.9. The Balaban J connectivity index is 0.749. The van der Waals surface area contributed by atoms with Crippen LogP contribution >= 0.6 is 22.9 Å². The van der Waals surface area contributed by atoms with Gasteiger partial charge in [-0.3, -0.25) is 24.1 Å². The summed E-state index contributed by atoms with van der Waals surface area (Å²) in [7, 11) is -1.98. The minimum absolute atomic E-state index is 0.00864. The molecule has 3 atom stereocenters. The summed E-state index contributed by atoms with van der Waals surface area (Å²) in [5, 5.41) is 22.4. The van der Waals surface area contributed by atoms with Crippen molar-refractivity contribution in [3.8, 4) is 16.2 Å². The molecule has 0 spiro atoms. The van der Waals surface area contributed by atoms with E-state index in [1.54, 1.807) is 56.6 Å². The van der Waals surface area contributed by atoms with Crippen molar-refractivity contribution in [2.75, 3.05) is 68.5 Å². The number of para-hydroxylation sites is 1. The van der Waals surface area contributed by atoms with Crippen LogP contribution in [0.5, 0.6) is 5.75 Å². The number of methoxy groups -OCH3 is 1. The number of piperazine rings is 1. The van der Waals surface area contributed by atoms with E-state index >= 15 is 0 Å². The van der Waals surface area contributed by atoms with E-state index in [1.165, 1.54) is 11.1 Å². The third-order valence-corrected chi connectivity index (χ3v) is 18.5. The molecule has 8 rings (SSSR count). The van der Waals surface area contributed by atoms with Crippen LogP contribution in [0.4, 0.5) is 28.8 Å². The number of aryl methyl sites for hydroxylation is 1. The number of aromatic nitrogens is 3. The highest BCUT2D eigenvalue weighted by atomic mass is 35.5. The molecule has 79 heavy (non-hydrogen) atoms. The van der Waals surface area contributed by atoms with E-state index in [4.69, 9.17) is 16.3 Å². The number of ether oxygens (including phenoxy) is 1. The van der Waals surface area contributed by atoms with Gasteiger partial charge in [-0.2, -0.15) is 4.98 Å². The van der Waals surface area contributed by atoms with Crippen LogP contribution in [-0.4, -0.2) is 149 Å². The maximum Gasteiger partial charge on any atom is 0.246 e. The summed E-state index contributed by atoms with van der Waals surface area (Å²) in [6, 6.07) is 19.0. The van der Waals surface area contributed by atoms with E-state index < -0.39 is 44.6 Å². The number of likely N-dealkylation sites (tertiary alicyclic amines) is 1. The predicted molar refractivity (Wildman–Crippen MR) is 309 cm³/mol. The number of aliphatic hydroxyl groups is 1. The number of carbonyl (C=O) groups is 4. The van der Waals surface area contributed by atoms with E-state index in [-0.39, 0.29) is 65.3 Å². The van der Waals surface area contributed by atoms with Crippen LogP contribution in [0, 0.1) is 12.3 Å². The van der Waals surface area contributed by atoms with Crippen LogP contribution < -0.4 is 30.9 Å². The van der Waals surface area contributed by atoms with Crippen molar-refractivity contribution in [3.63, 3.8) is 0 Å². The highest BCUT2D eigenvalue weighted by molar-refractivity contribution is 7.92. The molecule has 424 valence electrons. The Kier molecular flexibility index (Phi) is 19.2. The fraction of sp³-hybridized carbons (Fsp3) is 0.491. The maximum absolute atomic E-state index is 14.1. The van der Waals surface area contributed by atoms with Crippen LogP contribution in [0.2, 0.25) is 5.02 Å². The number of benzene rings is 3. The summed E-state index contributed by atoms with van der Waals surface area (Å²) < 4.78 is 32.0. The first-order chi connectivity index (χ1) is 37.7. The quantitative estimate of drug-likeness (QED) is 0.0470. The van der Waals surface area contributed by atoms with Crippen molar-refractivity contribution in [2.24, 2.45) is 5.41 Å². The maximum atomic E-state index is 14.1. The number of β-amino-alcohol motifs (C(OH)–C–C–N with tert-alkyl or cyclic N) is 1. The summed E-state index contributed by atoms with van der Waals surface area (Å²) >= 11 is 8.05. The van der Waals surface area contributed by atoms with Gasteiger partial charge in [0.05, 0.1) is 57.0 Å². The van der Waals surface area contributed by atoms with Gasteiger partial charge in [0.1, 0.15) is 22.9 Å². The molecule has 5 N–H and O–H groups in total. The number of anilines is 5. The molecule has 5 heterocycles. The second-order valence-electron chi connectivity index (χ2n) is 21.9. The molecular formula is C57H74ClN11O8S2. The van der Waals surface area contributed by atoms with Gasteiger partial charge < -0.3 is 45.8 Å². The molecule has 19 nitrogen and oxygen atoms in total. The van der Waals surface area contributed by atoms with E-state index in [0.29, 0.717) is 55.5 Å². The molecule has 0 aliphatic carbocycles. The van der Waals surface area contributed by atoms with Gasteiger partial charge in [-0.15, -0.1) is 11.3 Å². The van der Waals surface area contributed by atoms with Crippen molar-refractivity contribution in [2.45, 2.75) is 127 Å². The monoisotopic (exact) mass is 1140 g/mol. The lowest BCUT2D eigenvalue weighted by atomic mass is 9.85. The Morgan fingerprint density at radius 1 is 0.899 bits per heavy atom. The molecule has 3 fully saturated rings. The van der Waals surface area contributed by atoms with E-state index in [0.717, 1.165) is 66.4 Å². The fourth-order valence-electron chi connectivity index (χ4n) is 10.4. The smallest absolute Gasteiger partial charge is 0.246 e. The number of amides is 4. The number of nitrogens with one attached hydrogen (secondary N) is 4. The Bertz CT molecular complexity index is 3070. The van der Waals surface area contributed by atoms with E-state index in [9.17, 15) is 32.7 Å². The van der Waals surface area contributed by atoms with Crippen molar-refractivity contribution < 1.29 is 37.4 Å². The van der Waals surface area contributed by atoms with Crippen LogP contribution in [0.1, 0.15) is 90.8 Å². The molecule has 0 radical (unpaired) electrons. The lowest BCUT2D eigenvalue weighted by Gasteiger charge is -2.43. The molecule has 4 amide bonds. The number of aliphatic hydroxyl groups excluding tert-OH is 1. The number of halogens is 1. The van der Waals surface area contributed by atoms with Gasteiger partial charge in [0.25, 0.3) is 0 Å². The number of sulfone groups is 1. The summed E-state index contributed by atoms with van der Waals surface area (Å²) in [6.45, 7) is 15.7. The number of thiazole rings is 1. The first kappa shape index (κ1) is 58.8. The molecule has 3 aromatic carbocycles. The first-order valence-electron chi connectivity index (χ1n) is 27.1. The van der Waals surface area contributed by atoms with Gasteiger partial charge in [-0.1, -0.05) is 68.8 Å². The SMILES string of the molecule is COc1cc(N2CCC(N3CCN(C(=O)CCCCC(=O)NC(C(=O)N4C[C@H](O)C[C@H]4C(=O)NCc4ccc(-c5scnc5C)cc4)C(C)(C)C)CC3)CC2)ccc1Nc1ncc(Cl)c(Nc2ccccc2S(=O)(=O)C(C)C)n1. The third kappa shape index (κ3) is 14.5. The number of piperidine rings is 1.